The van der Waals surface area contributed by atoms with Crippen LogP contribution >= 0.6 is 0 Å². The van der Waals surface area contributed by atoms with Gasteiger partial charge in [0.15, 0.2) is 0 Å². The molecule has 0 saturated carbocycles. The fraction of sp³-hybridized carbons (Fsp3) is 0.0952. The van der Waals surface area contributed by atoms with Crippen molar-refractivity contribution in [1.82, 2.24) is 0 Å². The third-order valence-electron chi connectivity index (χ3n) is 3.62. The molecule has 0 fully saturated rings. The van der Waals surface area contributed by atoms with Crippen LogP contribution in [0.15, 0.2) is 77.9 Å². The SMILES string of the molecule is CN(C)c1ccc(/C=N/N(c2cc#ccc2)c2ccccc2)cc1. The van der Waals surface area contributed by atoms with E-state index in [1.807, 2.05) is 73.8 Å². The molecule has 0 spiro atoms. The molecule has 0 heterocycles. The summed E-state index contributed by atoms with van der Waals surface area (Å²) in [4.78, 5) is 2.08. The van der Waals surface area contributed by atoms with Gasteiger partial charge in [-0.2, -0.15) is 5.10 Å². The molecule has 3 aromatic rings. The van der Waals surface area contributed by atoms with Crippen LogP contribution in [0.3, 0.4) is 0 Å². The molecular weight excluding hydrogens is 294 g/mol. The summed E-state index contributed by atoms with van der Waals surface area (Å²) in [5, 5.41) is 6.56. The first kappa shape index (κ1) is 15.6. The third-order valence-corrected chi connectivity index (χ3v) is 3.62. The summed E-state index contributed by atoms with van der Waals surface area (Å²) in [5.41, 5.74) is 4.16. The molecule has 24 heavy (non-hydrogen) atoms. The first-order valence-electron chi connectivity index (χ1n) is 7.78. The fourth-order valence-corrected chi connectivity index (χ4v) is 2.31. The maximum Gasteiger partial charge on any atom is 0.0742 e. The van der Waals surface area contributed by atoms with Crippen LogP contribution in [0, 0.1) is 12.1 Å². The lowest BCUT2D eigenvalue weighted by atomic mass is 10.2. The predicted molar refractivity (Wildman–Crippen MR) is 101 cm³/mol. The largest absolute Gasteiger partial charge is 0.378 e. The minimum Gasteiger partial charge on any atom is -0.378 e. The van der Waals surface area contributed by atoms with E-state index in [1.54, 1.807) is 0 Å². The number of hydrogen-bond donors (Lipinski definition) is 0. The Morgan fingerprint density at radius 1 is 0.792 bits per heavy atom. The van der Waals surface area contributed by atoms with Crippen molar-refractivity contribution in [1.29, 1.82) is 0 Å². The van der Waals surface area contributed by atoms with Gasteiger partial charge in [-0.1, -0.05) is 42.5 Å². The molecule has 0 atom stereocenters. The van der Waals surface area contributed by atoms with Gasteiger partial charge in [-0.3, -0.25) is 0 Å². The number of benzene rings is 2. The van der Waals surface area contributed by atoms with Gasteiger partial charge in [-0.05, 0) is 42.0 Å². The van der Waals surface area contributed by atoms with Crippen LogP contribution in [-0.4, -0.2) is 20.3 Å². The molecule has 3 nitrogen and oxygen atoms in total. The van der Waals surface area contributed by atoms with Crippen LogP contribution in [-0.2, 0) is 0 Å². The van der Waals surface area contributed by atoms with Crippen LogP contribution in [0.2, 0.25) is 0 Å². The average molecular weight is 313 g/mol. The normalized spacial score (nSPS) is 10.4. The molecule has 3 aromatic carbocycles. The topological polar surface area (TPSA) is 18.8 Å². The van der Waals surface area contributed by atoms with Crippen molar-refractivity contribution in [3.8, 4) is 0 Å². The van der Waals surface area contributed by atoms with Crippen molar-refractivity contribution in [3.05, 3.63) is 90.5 Å². The minimum absolute atomic E-state index is 0.945. The molecule has 3 heteroatoms. The van der Waals surface area contributed by atoms with Crippen molar-refractivity contribution in [3.63, 3.8) is 0 Å². The number of hydrogen-bond acceptors (Lipinski definition) is 3. The standard InChI is InChI=1S/C21H19N3/c1-23(2)19-15-13-18(14-16-19)17-22-24(20-9-5-3-6-10-20)21-11-7-4-8-12-21/h3,5-7,9-17H,1-2H3/b22-17+. The van der Waals surface area contributed by atoms with Gasteiger partial charge < -0.3 is 4.90 Å². The van der Waals surface area contributed by atoms with Crippen LogP contribution in [0.25, 0.3) is 0 Å². The highest BCUT2D eigenvalue weighted by atomic mass is 15.5. The number of para-hydroxylation sites is 1. The molecular formula is C21H19N3. The van der Waals surface area contributed by atoms with Crippen molar-refractivity contribution in [2.24, 2.45) is 5.10 Å². The van der Waals surface area contributed by atoms with Gasteiger partial charge in [0, 0.05) is 25.8 Å². The Kier molecular flexibility index (Phi) is 4.78. The van der Waals surface area contributed by atoms with Crippen LogP contribution in [0.1, 0.15) is 5.56 Å². The Labute approximate surface area is 143 Å². The first-order valence-corrected chi connectivity index (χ1v) is 7.78. The van der Waals surface area contributed by atoms with Gasteiger partial charge in [0.2, 0.25) is 0 Å². The summed E-state index contributed by atoms with van der Waals surface area (Å²) in [6, 6.07) is 29.9. The van der Waals surface area contributed by atoms with Gasteiger partial charge in [0.1, 0.15) is 0 Å². The highest BCUT2D eigenvalue weighted by Gasteiger charge is 2.06. The molecule has 0 radical (unpaired) electrons. The van der Waals surface area contributed by atoms with Crippen molar-refractivity contribution in [2.45, 2.75) is 0 Å². The van der Waals surface area contributed by atoms with E-state index in [4.69, 9.17) is 0 Å². The molecule has 0 N–H and O–H groups in total. The van der Waals surface area contributed by atoms with E-state index in [2.05, 4.69) is 46.4 Å². The van der Waals surface area contributed by atoms with E-state index in [1.165, 1.54) is 5.69 Å². The fourth-order valence-electron chi connectivity index (χ4n) is 2.31. The summed E-state index contributed by atoms with van der Waals surface area (Å²) in [6.45, 7) is 0. The first-order chi connectivity index (χ1) is 11.7. The van der Waals surface area contributed by atoms with Crippen LogP contribution in [0.5, 0.6) is 0 Å². The van der Waals surface area contributed by atoms with Gasteiger partial charge in [0.05, 0.1) is 17.6 Å². The summed E-state index contributed by atoms with van der Waals surface area (Å²) >= 11 is 0. The lowest BCUT2D eigenvalue weighted by Crippen LogP contribution is -2.09. The maximum absolute atomic E-state index is 4.67. The van der Waals surface area contributed by atoms with E-state index < -0.39 is 0 Å². The molecule has 0 unspecified atom stereocenters. The molecule has 0 aliphatic heterocycles. The average Bonchev–Trinajstić information content (AvgIpc) is 2.64. The Morgan fingerprint density at radius 3 is 2.17 bits per heavy atom. The Bertz CT molecular complexity index is 739. The van der Waals surface area contributed by atoms with E-state index in [9.17, 15) is 0 Å². The van der Waals surface area contributed by atoms with Gasteiger partial charge in [0.25, 0.3) is 0 Å². The molecule has 0 amide bonds. The molecule has 0 aliphatic carbocycles. The zero-order chi connectivity index (χ0) is 16.8. The molecule has 0 aromatic heterocycles. The zero-order valence-corrected chi connectivity index (χ0v) is 13.8. The predicted octanol–water partition coefficient (Wildman–Crippen LogP) is 4.53. The highest BCUT2D eigenvalue weighted by Crippen LogP contribution is 2.24. The Hall–Kier alpha value is -3.25. The second kappa shape index (κ2) is 7.34. The van der Waals surface area contributed by atoms with E-state index >= 15 is 0 Å². The van der Waals surface area contributed by atoms with Crippen molar-refractivity contribution < 1.29 is 0 Å². The van der Waals surface area contributed by atoms with Gasteiger partial charge >= 0.3 is 0 Å². The van der Waals surface area contributed by atoms with Crippen LogP contribution < -0.4 is 9.91 Å². The Balaban J connectivity index is 1.89. The summed E-state index contributed by atoms with van der Waals surface area (Å²) in [6.07, 6.45) is 1.86. The molecule has 0 aliphatic rings. The summed E-state index contributed by atoms with van der Waals surface area (Å²) in [7, 11) is 4.06. The summed E-state index contributed by atoms with van der Waals surface area (Å²) < 4.78 is 0. The quantitative estimate of drug-likeness (QED) is 0.509. The molecule has 3 rings (SSSR count). The van der Waals surface area contributed by atoms with Gasteiger partial charge in [-0.25, -0.2) is 5.01 Å². The number of anilines is 3. The highest BCUT2D eigenvalue weighted by molar-refractivity contribution is 5.82. The Morgan fingerprint density at radius 2 is 1.54 bits per heavy atom. The second-order valence-corrected chi connectivity index (χ2v) is 5.57. The minimum atomic E-state index is 0.945. The zero-order valence-electron chi connectivity index (χ0n) is 13.8. The smallest absolute Gasteiger partial charge is 0.0742 e. The van der Waals surface area contributed by atoms with Gasteiger partial charge in [-0.15, -0.1) is 0 Å². The van der Waals surface area contributed by atoms with Crippen molar-refractivity contribution in [2.75, 3.05) is 24.0 Å². The lowest BCUT2D eigenvalue weighted by molar-refractivity contribution is 1.09. The molecule has 0 saturated heterocycles. The second-order valence-electron chi connectivity index (χ2n) is 5.57. The monoisotopic (exact) mass is 313 g/mol. The lowest BCUT2D eigenvalue weighted by Gasteiger charge is -2.18. The van der Waals surface area contributed by atoms with E-state index in [-0.39, 0.29) is 0 Å². The molecule has 0 bridgehead atoms. The molecule has 118 valence electrons. The van der Waals surface area contributed by atoms with Crippen LogP contribution in [0.4, 0.5) is 17.1 Å². The third kappa shape index (κ3) is 3.74. The summed E-state index contributed by atoms with van der Waals surface area (Å²) in [5.74, 6) is 0. The maximum atomic E-state index is 4.67. The number of rotatable bonds is 5. The number of nitrogens with zero attached hydrogens (tertiary/aromatic N) is 3. The van der Waals surface area contributed by atoms with Crippen molar-refractivity contribution >= 4 is 23.3 Å². The van der Waals surface area contributed by atoms with E-state index in [0.717, 1.165) is 16.9 Å². The van der Waals surface area contributed by atoms with E-state index in [0.29, 0.717) is 0 Å². The number of hydrazone groups is 1.